The number of aliphatic imine (C=N–C) groups is 1. The number of thioether (sulfide) groups is 1. The summed E-state index contributed by atoms with van der Waals surface area (Å²) < 4.78 is 53.0. The highest BCUT2D eigenvalue weighted by Crippen LogP contribution is 2.34. The smallest absolute Gasteiger partial charge is 0.395 e. The number of amidine groups is 1. The molecule has 1 aliphatic heterocycles. The number of benzene rings is 1. The van der Waals surface area contributed by atoms with E-state index in [4.69, 9.17) is 0 Å². The number of aliphatic hydroxyl groups excluding tert-OH is 1. The predicted molar refractivity (Wildman–Crippen MR) is 101 cm³/mol. The third kappa shape index (κ3) is 4.77. The fraction of sp³-hybridized carbons (Fsp3) is 0.353. The van der Waals surface area contributed by atoms with Crippen molar-refractivity contribution in [2.24, 2.45) is 4.99 Å². The van der Waals surface area contributed by atoms with Crippen LogP contribution in [0, 0.1) is 5.82 Å². The lowest BCUT2D eigenvalue weighted by molar-refractivity contribution is -0.140. The van der Waals surface area contributed by atoms with Crippen molar-refractivity contribution in [2.45, 2.75) is 31.4 Å². The fourth-order valence-electron chi connectivity index (χ4n) is 2.57. The van der Waals surface area contributed by atoms with Gasteiger partial charge in [-0.2, -0.15) is 13.2 Å². The molecular weight excluding hydrogens is 414 g/mol. The summed E-state index contributed by atoms with van der Waals surface area (Å²) in [4.78, 5) is 22.6. The fourth-order valence-corrected chi connectivity index (χ4v) is 3.51. The van der Waals surface area contributed by atoms with Crippen LogP contribution in [0.15, 0.2) is 34.2 Å². The van der Waals surface area contributed by atoms with Crippen LogP contribution in [0.2, 0.25) is 0 Å². The molecule has 2 heterocycles. The maximum absolute atomic E-state index is 14.3. The number of nitrogens with one attached hydrogen (secondary N) is 2. The number of alkyl halides is 3. The third-order valence-electron chi connectivity index (χ3n) is 4.00. The second kappa shape index (κ2) is 8.51. The SMILES string of the molecule is C[C@H](CO)NN1C(SCc2cccc(C(F)(F)F)c2F)=NCc2ncc(=O)[nH]c21. The average molecular weight is 431 g/mol. The molecule has 156 valence electrons. The molecule has 0 amide bonds. The van der Waals surface area contributed by atoms with Crippen molar-refractivity contribution >= 4 is 22.7 Å². The zero-order valence-corrected chi connectivity index (χ0v) is 15.9. The van der Waals surface area contributed by atoms with Gasteiger partial charge in [0.2, 0.25) is 0 Å². The van der Waals surface area contributed by atoms with Crippen molar-refractivity contribution in [1.82, 2.24) is 15.4 Å². The first-order valence-electron chi connectivity index (χ1n) is 8.48. The van der Waals surface area contributed by atoms with E-state index in [0.29, 0.717) is 22.7 Å². The lowest BCUT2D eigenvalue weighted by Crippen LogP contribution is -2.50. The Bertz CT molecular complexity index is 979. The summed E-state index contributed by atoms with van der Waals surface area (Å²) >= 11 is 0.989. The minimum Gasteiger partial charge on any atom is -0.395 e. The molecule has 0 saturated carbocycles. The molecular formula is C17H17F4N5O2S. The van der Waals surface area contributed by atoms with E-state index in [1.165, 1.54) is 11.1 Å². The minimum absolute atomic E-state index is 0.125. The zero-order chi connectivity index (χ0) is 21.2. The van der Waals surface area contributed by atoms with Gasteiger partial charge in [-0.25, -0.2) is 19.8 Å². The van der Waals surface area contributed by atoms with Gasteiger partial charge in [0, 0.05) is 11.8 Å². The maximum Gasteiger partial charge on any atom is 0.419 e. The second-order valence-corrected chi connectivity index (χ2v) is 7.20. The molecule has 3 rings (SSSR count). The number of hydrazine groups is 1. The van der Waals surface area contributed by atoms with Gasteiger partial charge in [0.1, 0.15) is 11.5 Å². The van der Waals surface area contributed by atoms with Crippen LogP contribution in [-0.2, 0) is 18.5 Å². The Labute approximate surface area is 166 Å². The van der Waals surface area contributed by atoms with Crippen molar-refractivity contribution in [3.8, 4) is 0 Å². The summed E-state index contributed by atoms with van der Waals surface area (Å²) in [5, 5.41) is 11.0. The van der Waals surface area contributed by atoms with Crippen LogP contribution >= 0.6 is 11.8 Å². The number of aromatic amines is 1. The first-order valence-corrected chi connectivity index (χ1v) is 9.46. The first-order chi connectivity index (χ1) is 13.7. The van der Waals surface area contributed by atoms with E-state index in [9.17, 15) is 27.5 Å². The van der Waals surface area contributed by atoms with Gasteiger partial charge in [0.25, 0.3) is 5.56 Å². The number of nitrogens with zero attached hydrogens (tertiary/aromatic N) is 3. The number of halogens is 4. The molecule has 0 fully saturated rings. The largest absolute Gasteiger partial charge is 0.419 e. The van der Waals surface area contributed by atoms with Gasteiger partial charge in [0.05, 0.1) is 24.9 Å². The van der Waals surface area contributed by atoms with Crippen molar-refractivity contribution < 1.29 is 22.7 Å². The average Bonchev–Trinajstić information content (AvgIpc) is 2.67. The van der Waals surface area contributed by atoms with Crippen molar-refractivity contribution in [1.29, 1.82) is 0 Å². The Morgan fingerprint density at radius 3 is 2.86 bits per heavy atom. The Morgan fingerprint density at radius 1 is 1.41 bits per heavy atom. The van der Waals surface area contributed by atoms with E-state index in [-0.39, 0.29) is 24.5 Å². The Kier molecular flexibility index (Phi) is 6.24. The highest BCUT2D eigenvalue weighted by Gasteiger charge is 2.35. The van der Waals surface area contributed by atoms with E-state index in [2.05, 4.69) is 20.4 Å². The molecule has 1 aliphatic rings. The van der Waals surface area contributed by atoms with Gasteiger partial charge in [0.15, 0.2) is 11.0 Å². The number of H-pyrrole nitrogens is 1. The molecule has 1 aromatic carbocycles. The first kappa shape index (κ1) is 21.3. The number of aromatic nitrogens is 2. The van der Waals surface area contributed by atoms with Crippen molar-refractivity contribution in [3.05, 3.63) is 57.4 Å². The van der Waals surface area contributed by atoms with Gasteiger partial charge in [-0.3, -0.25) is 9.79 Å². The van der Waals surface area contributed by atoms with E-state index in [0.717, 1.165) is 24.0 Å². The summed E-state index contributed by atoms with van der Waals surface area (Å²) in [6.45, 7) is 1.58. The number of rotatable bonds is 5. The van der Waals surface area contributed by atoms with Crippen LogP contribution in [-0.4, -0.2) is 32.9 Å². The summed E-state index contributed by atoms with van der Waals surface area (Å²) in [5.41, 5.74) is 1.49. The molecule has 1 aromatic heterocycles. The van der Waals surface area contributed by atoms with Crippen LogP contribution in [0.3, 0.4) is 0 Å². The molecule has 0 bridgehead atoms. The van der Waals surface area contributed by atoms with Crippen molar-refractivity contribution in [3.63, 3.8) is 0 Å². The predicted octanol–water partition coefficient (Wildman–Crippen LogP) is 2.42. The van der Waals surface area contributed by atoms with Crippen molar-refractivity contribution in [2.75, 3.05) is 11.6 Å². The molecule has 29 heavy (non-hydrogen) atoms. The Morgan fingerprint density at radius 2 is 2.17 bits per heavy atom. The number of hydrogen-bond donors (Lipinski definition) is 3. The zero-order valence-electron chi connectivity index (χ0n) is 15.1. The molecule has 7 nitrogen and oxygen atoms in total. The van der Waals surface area contributed by atoms with Crippen LogP contribution in [0.4, 0.5) is 23.4 Å². The lowest BCUT2D eigenvalue weighted by Gasteiger charge is -2.31. The molecule has 12 heteroatoms. The minimum atomic E-state index is -4.79. The summed E-state index contributed by atoms with van der Waals surface area (Å²) in [5.74, 6) is -1.15. The van der Waals surface area contributed by atoms with Crippen LogP contribution in [0.5, 0.6) is 0 Å². The molecule has 3 N–H and O–H groups in total. The highest BCUT2D eigenvalue weighted by atomic mass is 32.2. The Balaban J connectivity index is 1.86. The molecule has 1 atom stereocenters. The molecule has 0 saturated heterocycles. The molecule has 2 aromatic rings. The number of aliphatic hydroxyl groups is 1. The van der Waals surface area contributed by atoms with E-state index in [1.54, 1.807) is 6.92 Å². The quantitative estimate of drug-likeness (QED) is 0.630. The lowest BCUT2D eigenvalue weighted by atomic mass is 10.1. The molecule has 0 radical (unpaired) electrons. The van der Waals surface area contributed by atoms with E-state index < -0.39 is 29.2 Å². The highest BCUT2D eigenvalue weighted by molar-refractivity contribution is 8.13. The van der Waals surface area contributed by atoms with Crippen LogP contribution in [0.1, 0.15) is 23.7 Å². The standard InChI is InChI=1S/C17H17F4N5O2S/c1-9(7-27)25-26-15-12(22-6-13(28)24-15)5-23-16(26)29-8-10-3-2-4-11(14(10)18)17(19,20)21/h2-4,6,9,25,27H,5,7-8H2,1H3,(H,24,28)/t9-/m1/s1. The number of anilines is 1. The van der Waals surface area contributed by atoms with Gasteiger partial charge >= 0.3 is 6.18 Å². The Hall–Kier alpha value is -2.44. The molecule has 0 spiro atoms. The molecule has 0 unspecified atom stereocenters. The number of hydrogen-bond acceptors (Lipinski definition) is 7. The number of fused-ring (bicyclic) bond motifs is 1. The van der Waals surface area contributed by atoms with Gasteiger partial charge < -0.3 is 10.1 Å². The normalized spacial score (nSPS) is 15.1. The summed E-state index contributed by atoms with van der Waals surface area (Å²) in [7, 11) is 0. The van der Waals surface area contributed by atoms with Gasteiger partial charge in [-0.1, -0.05) is 23.9 Å². The van der Waals surface area contributed by atoms with Crippen LogP contribution < -0.4 is 16.0 Å². The van der Waals surface area contributed by atoms with E-state index >= 15 is 0 Å². The topological polar surface area (TPSA) is 93.6 Å². The summed E-state index contributed by atoms with van der Waals surface area (Å²) in [6, 6.07) is 2.67. The van der Waals surface area contributed by atoms with E-state index in [1.807, 2.05) is 0 Å². The maximum atomic E-state index is 14.3. The van der Waals surface area contributed by atoms with Gasteiger partial charge in [-0.15, -0.1) is 0 Å². The third-order valence-corrected chi connectivity index (χ3v) is 5.02. The molecule has 0 aliphatic carbocycles. The second-order valence-electron chi connectivity index (χ2n) is 6.25. The van der Waals surface area contributed by atoms with Gasteiger partial charge in [-0.05, 0) is 18.6 Å². The summed E-state index contributed by atoms with van der Waals surface area (Å²) in [6.07, 6.45) is -3.68. The van der Waals surface area contributed by atoms with Crippen LogP contribution in [0.25, 0.3) is 0 Å². The monoisotopic (exact) mass is 431 g/mol.